The van der Waals surface area contributed by atoms with Crippen LogP contribution < -0.4 is 47.2 Å². The highest BCUT2D eigenvalue weighted by atomic mass is 16.5. The maximum absolute atomic E-state index is 12.5. The van der Waals surface area contributed by atoms with Crippen LogP contribution in [0.5, 0.6) is 23.0 Å². The molecule has 0 fully saturated rings. The van der Waals surface area contributed by atoms with Gasteiger partial charge in [-0.15, -0.1) is 0 Å². The molecule has 0 unspecified atom stereocenters. The lowest BCUT2D eigenvalue weighted by Crippen LogP contribution is -2.26. The molecule has 60 heavy (non-hydrogen) atoms. The van der Waals surface area contributed by atoms with Gasteiger partial charge in [0.15, 0.2) is 11.9 Å². The monoisotopic (exact) mass is 825 g/mol. The molecule has 4 aromatic rings. The number of guanidine groups is 2. The first-order chi connectivity index (χ1) is 29.0. The number of amides is 1. The van der Waals surface area contributed by atoms with Crippen LogP contribution in [0.2, 0.25) is 0 Å². The molecule has 4 aromatic carbocycles. The van der Waals surface area contributed by atoms with E-state index in [2.05, 4.69) is 15.3 Å². The highest BCUT2D eigenvalue weighted by Crippen LogP contribution is 2.22. The summed E-state index contributed by atoms with van der Waals surface area (Å²) in [6.45, 7) is 2.42. The summed E-state index contributed by atoms with van der Waals surface area (Å²) in [6.07, 6.45) is 2.91. The average Bonchev–Trinajstić information content (AvgIpc) is 3.23. The summed E-state index contributed by atoms with van der Waals surface area (Å²) in [7, 11) is 0. The van der Waals surface area contributed by atoms with Gasteiger partial charge in [-0.05, 0) is 116 Å². The van der Waals surface area contributed by atoms with Crippen LogP contribution >= 0.6 is 0 Å². The van der Waals surface area contributed by atoms with Crippen molar-refractivity contribution in [3.8, 4) is 23.0 Å². The summed E-state index contributed by atoms with van der Waals surface area (Å²) >= 11 is 0. The van der Waals surface area contributed by atoms with Crippen LogP contribution in [0.3, 0.4) is 0 Å². The molecule has 0 aliphatic rings. The molecule has 17 nitrogen and oxygen atoms in total. The van der Waals surface area contributed by atoms with Gasteiger partial charge in [-0.2, -0.15) is 0 Å². The topological polar surface area (TPSA) is 264 Å². The zero-order valence-electron chi connectivity index (χ0n) is 33.2. The number of nitrogens with one attached hydrogen (secondary N) is 1. The van der Waals surface area contributed by atoms with E-state index in [9.17, 15) is 19.2 Å². The predicted molar refractivity (Wildman–Crippen MR) is 225 cm³/mol. The summed E-state index contributed by atoms with van der Waals surface area (Å²) in [5, 5.41) is 2.82. The van der Waals surface area contributed by atoms with Gasteiger partial charge >= 0.3 is 11.9 Å². The van der Waals surface area contributed by atoms with Gasteiger partial charge < -0.3 is 56.7 Å². The molecule has 0 aromatic heterocycles. The van der Waals surface area contributed by atoms with E-state index >= 15 is 0 Å². The van der Waals surface area contributed by atoms with E-state index in [-0.39, 0.29) is 36.6 Å². The average molecular weight is 826 g/mol. The number of rotatable bonds is 26. The number of carbonyl (C=O) groups excluding carboxylic acids is 4. The van der Waals surface area contributed by atoms with Crippen molar-refractivity contribution in [1.82, 2.24) is 5.32 Å². The molecule has 0 saturated heterocycles. The van der Waals surface area contributed by atoms with Crippen LogP contribution in [0.4, 0.5) is 11.4 Å². The summed E-state index contributed by atoms with van der Waals surface area (Å²) < 4.78 is 33.2. The number of Topliss-reactive ketones (excluding diaryl/α,β-unsaturated/α-hetero) is 1. The minimum absolute atomic E-state index is 0.0642. The molecule has 0 bridgehead atoms. The summed E-state index contributed by atoms with van der Waals surface area (Å²) in [6, 6.07) is 26.0. The fourth-order valence-corrected chi connectivity index (χ4v) is 5.17. The zero-order valence-corrected chi connectivity index (χ0v) is 33.2. The van der Waals surface area contributed by atoms with Crippen LogP contribution in [-0.4, -0.2) is 81.7 Å². The first kappa shape index (κ1) is 45.7. The van der Waals surface area contributed by atoms with Crippen molar-refractivity contribution >= 4 is 46.9 Å². The van der Waals surface area contributed by atoms with Gasteiger partial charge in [0.05, 0.1) is 62.1 Å². The van der Waals surface area contributed by atoms with Crippen molar-refractivity contribution in [3.63, 3.8) is 0 Å². The number of carbonyl (C=O) groups is 4. The van der Waals surface area contributed by atoms with Gasteiger partial charge in [0.25, 0.3) is 0 Å². The molecule has 0 aliphatic carbocycles. The maximum Gasteiger partial charge on any atom is 0.343 e. The number of benzene rings is 4. The summed E-state index contributed by atoms with van der Waals surface area (Å²) in [4.78, 5) is 57.0. The Hall–Kier alpha value is -6.98. The zero-order chi connectivity index (χ0) is 43.0. The standard InChI is InChI=1S/C43H51N7O10/c44-42(45)49-32-9-17-37(18-10-32)59-40(53)30-5-13-35(14-6-30)57-24-2-1-4-34(51)21-26-55-28-29-56-27-22-39(52)48-23-3-25-58-36-15-7-31(8-16-36)41(54)60-38-19-11-33(12-20-38)50-43(46)47/h5-20H,1-4,21-29H2,(H,48,52)(H4,44,45,49)(H4,46,47,50). The molecule has 0 heterocycles. The molecule has 318 valence electrons. The first-order valence-electron chi connectivity index (χ1n) is 19.3. The molecule has 4 rings (SSSR count). The number of esters is 2. The van der Waals surface area contributed by atoms with Gasteiger partial charge in [-0.3, -0.25) is 9.59 Å². The number of hydrogen-bond donors (Lipinski definition) is 5. The number of hydrogen-bond acceptors (Lipinski definition) is 12. The molecule has 0 spiro atoms. The number of ketones is 1. The Bertz CT molecular complexity index is 1870. The minimum atomic E-state index is -0.522. The SMILES string of the molecule is NC(N)=Nc1ccc(OC(=O)c2ccc(OCCCCC(=O)CCOCCOCCC(=O)NCCCOc3ccc(C(=O)Oc4ccc(N=C(N)N)cc4)cc3)cc2)cc1. The van der Waals surface area contributed by atoms with Crippen molar-refractivity contribution in [2.45, 2.75) is 38.5 Å². The largest absolute Gasteiger partial charge is 0.494 e. The molecule has 9 N–H and O–H groups in total. The fraction of sp³-hybridized carbons (Fsp3) is 0.302. The highest BCUT2D eigenvalue weighted by Gasteiger charge is 2.11. The minimum Gasteiger partial charge on any atom is -0.494 e. The predicted octanol–water partition coefficient (Wildman–Crippen LogP) is 4.45. The summed E-state index contributed by atoms with van der Waals surface area (Å²) in [5.74, 6) is 0.692. The second-order valence-electron chi connectivity index (χ2n) is 13.0. The molecule has 0 atom stereocenters. The van der Waals surface area contributed by atoms with Crippen LogP contribution in [0.25, 0.3) is 0 Å². The smallest absolute Gasteiger partial charge is 0.343 e. The second kappa shape index (κ2) is 25.4. The van der Waals surface area contributed by atoms with Crippen molar-refractivity contribution < 1.29 is 47.6 Å². The lowest BCUT2D eigenvalue weighted by atomic mass is 10.1. The van der Waals surface area contributed by atoms with Crippen LogP contribution in [-0.2, 0) is 19.1 Å². The number of nitrogens with two attached hydrogens (primary N) is 4. The Morgan fingerprint density at radius 3 is 1.37 bits per heavy atom. The molecule has 0 aliphatic heterocycles. The van der Waals surface area contributed by atoms with E-state index in [4.69, 9.17) is 51.4 Å². The molecule has 0 saturated carbocycles. The first-order valence-corrected chi connectivity index (χ1v) is 19.3. The van der Waals surface area contributed by atoms with Crippen LogP contribution in [0, 0.1) is 0 Å². The molecule has 17 heteroatoms. The molecular formula is C43H51N7O10. The van der Waals surface area contributed by atoms with Crippen molar-refractivity contribution in [3.05, 3.63) is 108 Å². The maximum atomic E-state index is 12.5. The Kier molecular flexibility index (Phi) is 19.4. The van der Waals surface area contributed by atoms with E-state index in [0.29, 0.717) is 117 Å². The lowest BCUT2D eigenvalue weighted by molar-refractivity contribution is -0.123. The third kappa shape index (κ3) is 18.1. The van der Waals surface area contributed by atoms with E-state index in [0.717, 1.165) is 0 Å². The van der Waals surface area contributed by atoms with Gasteiger partial charge in [0.2, 0.25) is 5.91 Å². The van der Waals surface area contributed by atoms with E-state index in [1.54, 1.807) is 97.1 Å². The quantitative estimate of drug-likeness (QED) is 0.0193. The molecular weight excluding hydrogens is 775 g/mol. The van der Waals surface area contributed by atoms with Crippen molar-refractivity contribution in [2.75, 3.05) is 46.2 Å². The Labute approximate surface area is 348 Å². The number of aliphatic imine (C=N–C) groups is 2. The molecule has 0 radical (unpaired) electrons. The lowest BCUT2D eigenvalue weighted by Gasteiger charge is -2.09. The van der Waals surface area contributed by atoms with Crippen molar-refractivity contribution in [2.24, 2.45) is 32.9 Å². The normalized spacial score (nSPS) is 10.5. The van der Waals surface area contributed by atoms with E-state index < -0.39 is 11.9 Å². The number of ether oxygens (including phenoxy) is 6. The van der Waals surface area contributed by atoms with Gasteiger partial charge in [-0.25, -0.2) is 19.6 Å². The highest BCUT2D eigenvalue weighted by molar-refractivity contribution is 5.92. The Morgan fingerprint density at radius 2 is 0.900 bits per heavy atom. The van der Waals surface area contributed by atoms with Gasteiger partial charge in [0, 0.05) is 25.8 Å². The third-order valence-electron chi connectivity index (χ3n) is 8.19. The molecule has 1 amide bonds. The fourth-order valence-electron chi connectivity index (χ4n) is 5.17. The van der Waals surface area contributed by atoms with Crippen LogP contribution in [0.15, 0.2) is 107 Å². The van der Waals surface area contributed by atoms with E-state index in [1.165, 1.54) is 0 Å². The van der Waals surface area contributed by atoms with Gasteiger partial charge in [0.1, 0.15) is 28.8 Å². The summed E-state index contributed by atoms with van der Waals surface area (Å²) in [5.41, 5.74) is 23.2. The van der Waals surface area contributed by atoms with E-state index in [1.807, 2.05) is 0 Å². The van der Waals surface area contributed by atoms with Crippen LogP contribution in [0.1, 0.15) is 59.2 Å². The van der Waals surface area contributed by atoms with Crippen molar-refractivity contribution in [1.29, 1.82) is 0 Å². The second-order valence-corrected chi connectivity index (χ2v) is 13.0. The number of unbranched alkanes of at least 4 members (excludes halogenated alkanes) is 1. The third-order valence-corrected chi connectivity index (χ3v) is 8.19. The number of nitrogens with zero attached hydrogens (tertiary/aromatic N) is 2. The Balaban J connectivity index is 0.929. The van der Waals surface area contributed by atoms with Gasteiger partial charge in [-0.1, -0.05) is 0 Å². The Morgan fingerprint density at radius 1 is 0.467 bits per heavy atom.